The summed E-state index contributed by atoms with van der Waals surface area (Å²) in [6.45, 7) is 35.2. The van der Waals surface area contributed by atoms with Gasteiger partial charge in [0.2, 0.25) is 118 Å². The van der Waals surface area contributed by atoms with Crippen molar-refractivity contribution >= 4 is 124 Å². The maximum Gasteiger partial charge on any atom is 0.246 e. The Kier molecular flexibility index (Phi) is 39.7. The molecule has 0 radical (unpaired) electrons. The average Bonchev–Trinajstić information content (AvgIpc) is 1.13. The first-order valence-corrected chi connectivity index (χ1v) is 39.4. The van der Waals surface area contributed by atoms with Crippen LogP contribution in [0.15, 0.2) is 0 Å². The number of carbonyl (C=O) groups excluding carboxylic acids is 21. The van der Waals surface area contributed by atoms with E-state index in [2.05, 4.69) is 90.4 Å². The first-order valence-electron chi connectivity index (χ1n) is 39.4. The Balaban J connectivity index is 3.09. The summed E-state index contributed by atoms with van der Waals surface area (Å²) in [4.78, 5) is 281. The van der Waals surface area contributed by atoms with Crippen molar-refractivity contribution in [1.29, 1.82) is 0 Å². The number of carbonyl (C=O) groups is 21. The van der Waals surface area contributed by atoms with Gasteiger partial charge in [-0.25, -0.2) is 0 Å². The van der Waals surface area contributed by atoms with Gasteiger partial charge in [-0.2, -0.15) is 0 Å². The number of rotatable bonds is 47. The third-order valence-electron chi connectivity index (χ3n) is 19.3. The summed E-state index contributed by atoms with van der Waals surface area (Å²) < 4.78 is 0. The lowest BCUT2D eigenvalue weighted by Crippen LogP contribution is -2.66. The van der Waals surface area contributed by atoms with Gasteiger partial charge in [0.25, 0.3) is 0 Å². The van der Waals surface area contributed by atoms with Crippen molar-refractivity contribution < 1.29 is 101 Å². The summed E-state index contributed by atoms with van der Waals surface area (Å²) in [7, 11) is 0. The Hall–Kier alpha value is -10.9. The molecule has 1 heterocycles. The lowest BCUT2D eigenvalue weighted by Gasteiger charge is -2.35. The van der Waals surface area contributed by atoms with E-state index < -0.39 is 237 Å². The summed E-state index contributed by atoms with van der Waals surface area (Å²) in [5.41, 5.74) is -1.24. The smallest absolute Gasteiger partial charge is 0.246 e. The summed E-state index contributed by atoms with van der Waals surface area (Å²) in [6.07, 6.45) is -0.272. The fraction of sp³-hybridized carbons (Fsp3) is 0.727. The van der Waals surface area contributed by atoms with Crippen LogP contribution in [0.25, 0.3) is 0 Å². The molecule has 0 aromatic rings. The molecular weight excluding hydrogens is 1540 g/mol. The lowest BCUT2D eigenvalue weighted by atomic mass is 9.93. The average molecular weight is 1670 g/mol. The van der Waals surface area contributed by atoms with Crippen molar-refractivity contribution in [2.75, 3.05) is 13.1 Å². The second kappa shape index (κ2) is 44.6. The van der Waals surface area contributed by atoms with Gasteiger partial charge >= 0.3 is 0 Å². The standard InChI is InChI=1S/C77H132N20O21/c1-26-77(25,70(118)88-47(30-32-53(79)101)59(107)86-50(37-98)40(6)7)96-69(117)76(23,24)94-60(108)48(34-38(2)3)85-62(110)51-28-27-33-97(51)63(111)44(11)83-55(103)41(8)81-56(104)42(9)84-65(113)74(19,20)95-68(116)75(21,22)92-57(105)43(10)82-58(106)46(29-31-52(78)100)87-67(115)73(17,18)93-61(109)49(35-39(4)5)89-66(114)72(15,16)91-54(102)36-80-64(112)71(13,14)90-45(12)99/h37-44,46-51H,26-36H2,1-25H3,(H2,78,100)(H2,79,101)(H,80,112)(H,81,104)(H,82,106)(H,83,103)(H,84,113)(H,85,110)(H,86,107)(H,87,115)(H,88,118)(H,89,114)(H,90,99)(H,91,102)(H,92,105)(H,93,109)(H,94,108)(H,95,116)(H,96,117). The zero-order valence-corrected chi connectivity index (χ0v) is 73.0. The summed E-state index contributed by atoms with van der Waals surface area (Å²) >= 11 is 0. The van der Waals surface area contributed by atoms with E-state index in [9.17, 15) is 101 Å². The van der Waals surface area contributed by atoms with E-state index in [1.165, 1.54) is 130 Å². The van der Waals surface area contributed by atoms with Gasteiger partial charge in [0, 0.05) is 26.3 Å². The number of nitrogens with two attached hydrogens (primary N) is 2. The molecule has 0 aliphatic carbocycles. The van der Waals surface area contributed by atoms with Crippen LogP contribution in [-0.2, 0) is 101 Å². The van der Waals surface area contributed by atoms with Crippen LogP contribution in [0.2, 0.25) is 0 Å². The molecule has 41 heteroatoms. The third-order valence-corrected chi connectivity index (χ3v) is 19.3. The monoisotopic (exact) mass is 1670 g/mol. The van der Waals surface area contributed by atoms with Crippen LogP contribution in [0, 0.1) is 17.8 Å². The first-order chi connectivity index (χ1) is 53.8. The van der Waals surface area contributed by atoms with Gasteiger partial charge in [-0.05, 0) is 180 Å². The van der Waals surface area contributed by atoms with Gasteiger partial charge in [-0.1, -0.05) is 48.5 Å². The molecule has 118 heavy (non-hydrogen) atoms. The summed E-state index contributed by atoms with van der Waals surface area (Å²) in [5, 5.41) is 42.9. The molecule has 1 saturated heterocycles. The lowest BCUT2D eigenvalue weighted by molar-refractivity contribution is -0.142. The van der Waals surface area contributed by atoms with Crippen LogP contribution in [-0.4, -0.2) is 242 Å². The fourth-order valence-corrected chi connectivity index (χ4v) is 11.5. The fourth-order valence-electron chi connectivity index (χ4n) is 11.5. The SMILES string of the molecule is CCC(C)(NC(=O)C(C)(C)NC(=O)C(CC(C)C)NC(=O)C1CCCN1C(=O)C(C)NC(=O)C(C)NC(=O)C(C)NC(=O)C(C)(C)NC(=O)C(C)(C)NC(=O)C(C)NC(=O)C(CCC(N)=O)NC(=O)C(C)(C)NC(=O)C(CC(C)C)NC(=O)C(C)(C)NC(=O)CNC(=O)C(C)(C)NC(C)=O)C(=O)NC(CCC(N)=O)C(=O)NC(C=O)C(C)C. The molecule has 0 aromatic carbocycles. The number of aldehydes is 1. The predicted octanol–water partition coefficient (Wildman–Crippen LogP) is -4.31. The van der Waals surface area contributed by atoms with Gasteiger partial charge in [0.15, 0.2) is 0 Å². The van der Waals surface area contributed by atoms with Crippen LogP contribution in [0.5, 0.6) is 0 Å². The number of primary amides is 2. The zero-order chi connectivity index (χ0) is 91.6. The Labute approximate surface area is 690 Å². The number of hydrogen-bond acceptors (Lipinski definition) is 21. The van der Waals surface area contributed by atoms with Crippen LogP contribution in [0.1, 0.15) is 231 Å². The Bertz CT molecular complexity index is 3740. The molecular formula is C77H132N20O21. The van der Waals surface area contributed by atoms with Gasteiger partial charge in [0.05, 0.1) is 12.6 Å². The second-order valence-electron chi connectivity index (χ2n) is 34.6. The summed E-state index contributed by atoms with van der Waals surface area (Å²) in [6, 6.07) is -12.9. The summed E-state index contributed by atoms with van der Waals surface area (Å²) in [5.74, 6) is -17.1. The number of amides is 20. The minimum atomic E-state index is -1.85. The molecule has 0 bridgehead atoms. The van der Waals surface area contributed by atoms with E-state index in [0.717, 1.165) is 0 Å². The molecule has 11 unspecified atom stereocenters. The zero-order valence-electron chi connectivity index (χ0n) is 73.0. The molecule has 0 spiro atoms. The molecule has 1 fully saturated rings. The van der Waals surface area contributed by atoms with Crippen molar-refractivity contribution in [1.82, 2.24) is 95.3 Å². The van der Waals surface area contributed by atoms with Crippen molar-refractivity contribution in [2.24, 2.45) is 29.2 Å². The minimum Gasteiger partial charge on any atom is -0.370 e. The highest BCUT2D eigenvalue weighted by atomic mass is 16.2. The molecule has 1 aliphatic rings. The van der Waals surface area contributed by atoms with Crippen molar-refractivity contribution in [3.05, 3.63) is 0 Å². The van der Waals surface area contributed by atoms with Crippen LogP contribution >= 0.6 is 0 Å². The predicted molar refractivity (Wildman–Crippen MR) is 430 cm³/mol. The highest BCUT2D eigenvalue weighted by Gasteiger charge is 2.46. The first kappa shape index (κ1) is 105. The topological polar surface area (TPSA) is 618 Å². The second-order valence-corrected chi connectivity index (χ2v) is 34.6. The third kappa shape index (κ3) is 33.6. The van der Waals surface area contributed by atoms with Crippen molar-refractivity contribution in [3.8, 4) is 0 Å². The largest absolute Gasteiger partial charge is 0.370 e. The molecule has 21 N–H and O–H groups in total. The number of nitrogens with one attached hydrogen (secondary N) is 17. The van der Waals surface area contributed by atoms with E-state index in [4.69, 9.17) is 11.5 Å². The molecule has 41 nitrogen and oxygen atoms in total. The van der Waals surface area contributed by atoms with E-state index >= 15 is 0 Å². The molecule has 1 aliphatic heterocycles. The Morgan fingerprint density at radius 2 is 0.771 bits per heavy atom. The van der Waals surface area contributed by atoms with Gasteiger partial charge < -0.3 is 112 Å². The van der Waals surface area contributed by atoms with E-state index in [0.29, 0.717) is 12.7 Å². The molecule has 0 saturated carbocycles. The number of nitrogens with zero attached hydrogens (tertiary/aromatic N) is 1. The highest BCUT2D eigenvalue weighted by molar-refractivity contribution is 6.04. The van der Waals surface area contributed by atoms with Gasteiger partial charge in [-0.3, -0.25) is 95.9 Å². The van der Waals surface area contributed by atoms with Crippen LogP contribution in [0.3, 0.4) is 0 Å². The Morgan fingerprint density at radius 1 is 0.398 bits per heavy atom. The van der Waals surface area contributed by atoms with Crippen molar-refractivity contribution in [2.45, 2.75) is 330 Å². The quantitative estimate of drug-likeness (QED) is 0.0256. The normalized spacial score (nSPS) is 16.0. The van der Waals surface area contributed by atoms with Gasteiger partial charge in [-0.15, -0.1) is 0 Å². The van der Waals surface area contributed by atoms with E-state index in [1.807, 2.05) is 0 Å². The number of hydrogen-bond donors (Lipinski definition) is 19. The Morgan fingerprint density at radius 3 is 1.22 bits per heavy atom. The van der Waals surface area contributed by atoms with Gasteiger partial charge in [0.1, 0.15) is 99.4 Å². The van der Waals surface area contributed by atoms with Crippen LogP contribution < -0.4 is 102 Å². The maximum atomic E-state index is 14.1. The van der Waals surface area contributed by atoms with Crippen LogP contribution in [0.4, 0.5) is 0 Å². The molecule has 0 aromatic heterocycles. The molecule has 20 amide bonds. The molecule has 666 valence electrons. The van der Waals surface area contributed by atoms with E-state index in [-0.39, 0.29) is 62.8 Å². The molecule has 1 rings (SSSR count). The maximum absolute atomic E-state index is 14.1. The minimum absolute atomic E-state index is 0.0290. The van der Waals surface area contributed by atoms with E-state index in [1.54, 1.807) is 48.5 Å². The van der Waals surface area contributed by atoms with Crippen molar-refractivity contribution in [3.63, 3.8) is 0 Å². The molecule has 11 atom stereocenters. The highest BCUT2D eigenvalue weighted by Crippen LogP contribution is 2.22. The number of likely N-dealkylation sites (tertiary alicyclic amines) is 1.